The van der Waals surface area contributed by atoms with Crippen LogP contribution in [-0.2, 0) is 13.6 Å². The van der Waals surface area contributed by atoms with E-state index in [2.05, 4.69) is 10.3 Å². The number of aryl methyl sites for hydroxylation is 1. The normalized spacial score (nSPS) is 16.8. The number of nitrogens with zero attached hydrogens (tertiary/aromatic N) is 5. The quantitative estimate of drug-likeness (QED) is 0.584. The Balaban J connectivity index is 1.69. The van der Waals surface area contributed by atoms with Crippen molar-refractivity contribution in [3.8, 4) is 6.07 Å². The summed E-state index contributed by atoms with van der Waals surface area (Å²) >= 11 is 6.00. The monoisotopic (exact) mass is 446 g/mol. The smallest absolute Gasteiger partial charge is 0.328 e. The summed E-state index contributed by atoms with van der Waals surface area (Å²) in [6, 6.07) is 9.00. The van der Waals surface area contributed by atoms with Gasteiger partial charge in [0, 0.05) is 31.5 Å². The van der Waals surface area contributed by atoms with Gasteiger partial charge in [-0.15, -0.1) is 0 Å². The van der Waals surface area contributed by atoms with Gasteiger partial charge in [-0.25, -0.2) is 18.6 Å². The molecule has 0 radical (unpaired) electrons. The van der Waals surface area contributed by atoms with E-state index >= 15 is 0 Å². The van der Waals surface area contributed by atoms with Crippen molar-refractivity contribution in [3.05, 3.63) is 51.7 Å². The van der Waals surface area contributed by atoms with Gasteiger partial charge in [-0.1, -0.05) is 11.6 Å². The van der Waals surface area contributed by atoms with Gasteiger partial charge in [-0.2, -0.15) is 5.26 Å². The zero-order chi connectivity index (χ0) is 22.1. The van der Waals surface area contributed by atoms with Gasteiger partial charge in [-0.3, -0.25) is 14.0 Å². The third-order valence-corrected chi connectivity index (χ3v) is 5.99. The van der Waals surface area contributed by atoms with E-state index in [1.54, 1.807) is 33.2 Å². The number of alkyl halides is 2. The highest BCUT2D eigenvalue weighted by atomic mass is 35.5. The molecule has 1 N–H and O–H groups in total. The van der Waals surface area contributed by atoms with Crippen LogP contribution in [-0.4, -0.2) is 44.6 Å². The Kier molecular flexibility index (Phi) is 5.94. The van der Waals surface area contributed by atoms with E-state index in [4.69, 9.17) is 11.6 Å². The maximum absolute atomic E-state index is 12.9. The van der Waals surface area contributed by atoms with Crippen molar-refractivity contribution >= 4 is 34.0 Å². The number of pyridine rings is 1. The van der Waals surface area contributed by atoms with E-state index in [0.717, 1.165) is 18.4 Å². The molecule has 1 atom stereocenters. The van der Waals surface area contributed by atoms with Crippen LogP contribution in [0.4, 0.5) is 20.2 Å². The minimum absolute atomic E-state index is 0.102. The Labute approximate surface area is 182 Å². The van der Waals surface area contributed by atoms with Crippen LogP contribution in [0.25, 0.3) is 11.0 Å². The van der Waals surface area contributed by atoms with Crippen molar-refractivity contribution in [1.82, 2.24) is 19.0 Å². The van der Waals surface area contributed by atoms with E-state index < -0.39 is 6.43 Å². The van der Waals surface area contributed by atoms with E-state index in [0.29, 0.717) is 30.0 Å². The fourth-order valence-corrected chi connectivity index (χ4v) is 4.40. The highest BCUT2D eigenvalue weighted by molar-refractivity contribution is 6.31. The highest BCUT2D eigenvalue weighted by Gasteiger charge is 2.28. The summed E-state index contributed by atoms with van der Waals surface area (Å²) in [7, 11) is 1.69. The molecule has 7 nitrogen and oxygen atoms in total. The first-order valence-electron chi connectivity index (χ1n) is 9.92. The van der Waals surface area contributed by atoms with Crippen LogP contribution >= 0.6 is 11.6 Å². The number of anilines is 2. The van der Waals surface area contributed by atoms with Gasteiger partial charge >= 0.3 is 5.69 Å². The number of hydrogen-bond donors (Lipinski definition) is 1. The zero-order valence-electron chi connectivity index (χ0n) is 16.9. The molecule has 1 aliphatic rings. The summed E-state index contributed by atoms with van der Waals surface area (Å²) in [5.41, 5.74) is 2.64. The Morgan fingerprint density at radius 1 is 1.35 bits per heavy atom. The molecule has 1 aliphatic heterocycles. The van der Waals surface area contributed by atoms with E-state index in [-0.39, 0.29) is 29.0 Å². The second-order valence-electron chi connectivity index (χ2n) is 7.60. The second-order valence-corrected chi connectivity index (χ2v) is 7.96. The summed E-state index contributed by atoms with van der Waals surface area (Å²) in [6.45, 7) is 0.675. The molecule has 3 aromatic rings. The van der Waals surface area contributed by atoms with Crippen LogP contribution in [0.15, 0.2) is 35.3 Å². The lowest BCUT2D eigenvalue weighted by Gasteiger charge is -2.24. The summed E-state index contributed by atoms with van der Waals surface area (Å²) in [4.78, 5) is 18.6. The summed E-state index contributed by atoms with van der Waals surface area (Å²) < 4.78 is 29.0. The number of nitrogens with one attached hydrogen (secondary N) is 1. The minimum atomic E-state index is -2.40. The molecule has 1 unspecified atom stereocenters. The molecule has 10 heteroatoms. The molecule has 0 aliphatic carbocycles. The maximum atomic E-state index is 12.9. The average Bonchev–Trinajstić information content (AvgIpc) is 3.25. The van der Waals surface area contributed by atoms with E-state index in [1.165, 1.54) is 6.20 Å². The zero-order valence-corrected chi connectivity index (χ0v) is 17.6. The van der Waals surface area contributed by atoms with Crippen molar-refractivity contribution in [2.45, 2.75) is 31.9 Å². The summed E-state index contributed by atoms with van der Waals surface area (Å²) in [6.07, 6.45) is 0.708. The van der Waals surface area contributed by atoms with Crippen molar-refractivity contribution in [2.24, 2.45) is 7.05 Å². The SMILES string of the molecule is Cn1c(=O)n(CC2CCCN2CC(F)F)c2cc(Nc3ccnc(Cl)c3C#N)ccc21. The lowest BCUT2D eigenvalue weighted by Crippen LogP contribution is -2.38. The van der Waals surface area contributed by atoms with Gasteiger partial charge in [0.05, 0.1) is 23.3 Å². The lowest BCUT2D eigenvalue weighted by molar-refractivity contribution is 0.0786. The molecule has 4 rings (SSSR count). The first-order valence-corrected chi connectivity index (χ1v) is 10.3. The van der Waals surface area contributed by atoms with Crippen molar-refractivity contribution < 1.29 is 8.78 Å². The van der Waals surface area contributed by atoms with Crippen LogP contribution in [0.2, 0.25) is 5.15 Å². The number of imidazole rings is 1. The lowest BCUT2D eigenvalue weighted by atomic mass is 10.2. The van der Waals surface area contributed by atoms with Gasteiger partial charge in [0.15, 0.2) is 0 Å². The number of aromatic nitrogens is 3. The molecular formula is C21H21ClF2N6O. The van der Waals surface area contributed by atoms with Gasteiger partial charge < -0.3 is 5.32 Å². The fourth-order valence-electron chi connectivity index (χ4n) is 4.20. The summed E-state index contributed by atoms with van der Waals surface area (Å²) in [5, 5.41) is 12.6. The maximum Gasteiger partial charge on any atom is 0.328 e. The first kappa shape index (κ1) is 21.3. The predicted molar refractivity (Wildman–Crippen MR) is 115 cm³/mol. The molecule has 0 amide bonds. The topological polar surface area (TPSA) is 78.9 Å². The molecule has 1 saturated heterocycles. The molecule has 1 fully saturated rings. The second kappa shape index (κ2) is 8.65. The van der Waals surface area contributed by atoms with Crippen LogP contribution in [0.3, 0.4) is 0 Å². The van der Waals surface area contributed by atoms with Crippen LogP contribution in [0, 0.1) is 11.3 Å². The number of hydrogen-bond acceptors (Lipinski definition) is 5. The number of benzene rings is 1. The average molecular weight is 447 g/mol. The van der Waals surface area contributed by atoms with Crippen LogP contribution in [0.5, 0.6) is 0 Å². The van der Waals surface area contributed by atoms with Gasteiger partial charge in [0.2, 0.25) is 0 Å². The van der Waals surface area contributed by atoms with E-state index in [1.807, 2.05) is 18.2 Å². The molecule has 1 aromatic carbocycles. The number of halogens is 3. The Morgan fingerprint density at radius 2 is 2.16 bits per heavy atom. The largest absolute Gasteiger partial charge is 0.354 e. The fraction of sp³-hybridized carbons (Fsp3) is 0.381. The van der Waals surface area contributed by atoms with Crippen LogP contribution < -0.4 is 11.0 Å². The number of fused-ring (bicyclic) bond motifs is 1. The molecule has 0 saturated carbocycles. The van der Waals surface area contributed by atoms with Gasteiger partial charge in [0.1, 0.15) is 16.8 Å². The number of nitriles is 1. The number of likely N-dealkylation sites (tertiary alicyclic amines) is 1. The van der Waals surface area contributed by atoms with Crippen molar-refractivity contribution in [1.29, 1.82) is 5.26 Å². The molecule has 0 spiro atoms. The van der Waals surface area contributed by atoms with Gasteiger partial charge in [0.25, 0.3) is 6.43 Å². The Hall–Kier alpha value is -2.96. The number of rotatable bonds is 6. The standard InChI is InChI=1S/C21H21ClF2N6O/c1-28-17-5-4-13(27-16-6-7-26-20(22)15(16)10-25)9-18(17)30(21(28)31)11-14-3-2-8-29(14)12-19(23)24/h4-7,9,14,19H,2-3,8,11-12H2,1H3,(H,26,27). The molecular weight excluding hydrogens is 426 g/mol. The van der Waals surface area contributed by atoms with Gasteiger partial charge in [-0.05, 0) is 43.7 Å². The van der Waals surface area contributed by atoms with Crippen LogP contribution in [0.1, 0.15) is 18.4 Å². The molecule has 2 aromatic heterocycles. The van der Waals surface area contributed by atoms with Crippen molar-refractivity contribution in [2.75, 3.05) is 18.4 Å². The third-order valence-electron chi connectivity index (χ3n) is 5.71. The molecule has 0 bridgehead atoms. The Bertz CT molecular complexity index is 1220. The Morgan fingerprint density at radius 3 is 2.90 bits per heavy atom. The molecule has 162 valence electrons. The highest BCUT2D eigenvalue weighted by Crippen LogP contribution is 2.27. The molecule has 31 heavy (non-hydrogen) atoms. The predicted octanol–water partition coefficient (Wildman–Crippen LogP) is 3.73. The first-order chi connectivity index (χ1) is 14.9. The van der Waals surface area contributed by atoms with E-state index in [9.17, 15) is 18.8 Å². The third kappa shape index (κ3) is 4.13. The minimum Gasteiger partial charge on any atom is -0.354 e. The van der Waals surface area contributed by atoms with Crippen molar-refractivity contribution in [3.63, 3.8) is 0 Å². The molecule has 3 heterocycles. The summed E-state index contributed by atoms with van der Waals surface area (Å²) in [5.74, 6) is 0.